The second-order valence-corrected chi connectivity index (χ2v) is 13.0. The minimum absolute atomic E-state index is 0.0889. The number of benzene rings is 2. The van der Waals surface area contributed by atoms with Crippen molar-refractivity contribution in [2.45, 2.75) is 70.5 Å². The fourth-order valence-electron chi connectivity index (χ4n) is 5.03. The molecule has 1 heterocycles. The van der Waals surface area contributed by atoms with Gasteiger partial charge in [0.2, 0.25) is 28.6 Å². The van der Waals surface area contributed by atoms with Crippen LogP contribution in [-0.4, -0.2) is 56.8 Å². The van der Waals surface area contributed by atoms with Crippen molar-refractivity contribution in [2.75, 3.05) is 23.9 Å². The lowest BCUT2D eigenvalue weighted by Gasteiger charge is -2.31. The lowest BCUT2D eigenvalue weighted by Crippen LogP contribution is -2.50. The van der Waals surface area contributed by atoms with Crippen molar-refractivity contribution < 1.29 is 27.5 Å². The van der Waals surface area contributed by atoms with Crippen molar-refractivity contribution >= 4 is 43.5 Å². The molecule has 39 heavy (non-hydrogen) atoms. The van der Waals surface area contributed by atoms with Crippen LogP contribution in [0.1, 0.15) is 57.4 Å². The van der Waals surface area contributed by atoms with Crippen LogP contribution in [0.15, 0.2) is 46.9 Å². The molecule has 0 aromatic heterocycles. The molecular weight excluding hydrogens is 586 g/mol. The van der Waals surface area contributed by atoms with Crippen molar-refractivity contribution in [3.63, 3.8) is 0 Å². The summed E-state index contributed by atoms with van der Waals surface area (Å²) in [4.78, 5) is 28.3. The van der Waals surface area contributed by atoms with E-state index < -0.39 is 16.1 Å². The molecule has 9 nitrogen and oxygen atoms in total. The number of ether oxygens (including phenoxy) is 2. The van der Waals surface area contributed by atoms with Gasteiger partial charge in [-0.3, -0.25) is 13.9 Å². The number of hydrogen-bond acceptors (Lipinski definition) is 6. The minimum Gasteiger partial charge on any atom is -0.454 e. The van der Waals surface area contributed by atoms with E-state index in [0.717, 1.165) is 42.0 Å². The highest BCUT2D eigenvalue weighted by Gasteiger charge is 2.29. The van der Waals surface area contributed by atoms with Gasteiger partial charge in [-0.2, -0.15) is 0 Å². The molecule has 0 radical (unpaired) electrons. The number of rotatable bonds is 11. The Morgan fingerprint density at radius 2 is 1.82 bits per heavy atom. The lowest BCUT2D eigenvalue weighted by molar-refractivity contribution is -0.141. The molecule has 2 aromatic carbocycles. The van der Waals surface area contributed by atoms with Crippen LogP contribution in [0.25, 0.3) is 0 Å². The van der Waals surface area contributed by atoms with Crippen LogP contribution in [0.2, 0.25) is 0 Å². The molecule has 0 spiro atoms. The number of carbonyl (C=O) groups excluding carboxylic acids is 2. The van der Waals surface area contributed by atoms with Gasteiger partial charge in [-0.15, -0.1) is 0 Å². The third-order valence-corrected chi connectivity index (χ3v) is 8.84. The van der Waals surface area contributed by atoms with E-state index in [1.807, 2.05) is 24.3 Å². The van der Waals surface area contributed by atoms with E-state index in [4.69, 9.17) is 9.47 Å². The van der Waals surface area contributed by atoms with Crippen LogP contribution in [0.4, 0.5) is 5.69 Å². The zero-order valence-electron chi connectivity index (χ0n) is 22.4. The highest BCUT2D eigenvalue weighted by atomic mass is 79.9. The van der Waals surface area contributed by atoms with Gasteiger partial charge in [0.15, 0.2) is 11.5 Å². The smallest absolute Gasteiger partial charge is 0.242 e. The predicted molar refractivity (Wildman–Crippen MR) is 153 cm³/mol. The number of fused-ring (bicyclic) bond motifs is 1. The molecule has 4 rings (SSSR count). The molecule has 1 aliphatic heterocycles. The van der Waals surface area contributed by atoms with E-state index >= 15 is 0 Å². The number of hydrogen-bond donors (Lipinski definition) is 1. The summed E-state index contributed by atoms with van der Waals surface area (Å²) in [7, 11) is -3.61. The fraction of sp³-hybridized carbons (Fsp3) is 0.500. The van der Waals surface area contributed by atoms with Crippen LogP contribution in [0.5, 0.6) is 11.5 Å². The molecule has 11 heteroatoms. The summed E-state index contributed by atoms with van der Waals surface area (Å²) in [5.41, 5.74) is 1.34. The Bertz CT molecular complexity index is 1280. The molecule has 1 aliphatic carbocycles. The number of halogens is 1. The maximum absolute atomic E-state index is 13.5. The van der Waals surface area contributed by atoms with Crippen LogP contribution >= 0.6 is 15.9 Å². The molecule has 2 amide bonds. The second-order valence-electron chi connectivity index (χ2n) is 10.1. The molecule has 2 aromatic rings. The SMILES string of the molecule is CC(C(=O)NC1CCCCC1)N(Cc1cccc(Br)c1)C(=O)CCCN(c1ccc2c(c1)OCO2)S(C)(=O)=O. The third kappa shape index (κ3) is 7.88. The van der Waals surface area contributed by atoms with Crippen molar-refractivity contribution in [1.82, 2.24) is 10.2 Å². The van der Waals surface area contributed by atoms with Crippen LogP contribution < -0.4 is 19.1 Å². The van der Waals surface area contributed by atoms with Gasteiger partial charge in [-0.25, -0.2) is 8.42 Å². The molecule has 1 atom stereocenters. The van der Waals surface area contributed by atoms with Gasteiger partial charge in [0.25, 0.3) is 0 Å². The topological polar surface area (TPSA) is 105 Å². The normalized spacial score (nSPS) is 16.0. The number of carbonyl (C=O) groups is 2. The Morgan fingerprint density at radius 3 is 2.54 bits per heavy atom. The van der Waals surface area contributed by atoms with Crippen molar-refractivity contribution in [3.05, 3.63) is 52.5 Å². The van der Waals surface area contributed by atoms with Crippen molar-refractivity contribution in [2.24, 2.45) is 0 Å². The van der Waals surface area contributed by atoms with Gasteiger partial charge in [0.05, 0.1) is 11.9 Å². The summed E-state index contributed by atoms with van der Waals surface area (Å²) < 4.78 is 38.1. The van der Waals surface area contributed by atoms with Gasteiger partial charge in [0, 0.05) is 36.1 Å². The summed E-state index contributed by atoms with van der Waals surface area (Å²) in [5.74, 6) is 0.671. The summed E-state index contributed by atoms with van der Waals surface area (Å²) in [6, 6.07) is 12.1. The third-order valence-electron chi connectivity index (χ3n) is 7.16. The maximum Gasteiger partial charge on any atom is 0.242 e. The summed E-state index contributed by atoms with van der Waals surface area (Å²) in [5, 5.41) is 3.14. The number of nitrogens with one attached hydrogen (secondary N) is 1. The van der Waals surface area contributed by atoms with Crippen LogP contribution in [-0.2, 0) is 26.2 Å². The monoisotopic (exact) mass is 621 g/mol. The zero-order chi connectivity index (χ0) is 28.0. The van der Waals surface area contributed by atoms with Gasteiger partial charge in [0.1, 0.15) is 6.04 Å². The highest BCUT2D eigenvalue weighted by Crippen LogP contribution is 2.36. The van der Waals surface area contributed by atoms with Gasteiger partial charge < -0.3 is 19.7 Å². The van der Waals surface area contributed by atoms with Crippen molar-refractivity contribution in [1.29, 1.82) is 0 Å². The molecule has 0 saturated heterocycles. The molecular formula is C28H36BrN3O6S. The average Bonchev–Trinajstić information content (AvgIpc) is 3.37. The molecule has 1 N–H and O–H groups in total. The quantitative estimate of drug-likeness (QED) is 0.393. The zero-order valence-corrected chi connectivity index (χ0v) is 24.8. The number of sulfonamides is 1. The Kier molecular flexibility index (Phi) is 9.76. The van der Waals surface area contributed by atoms with E-state index in [0.29, 0.717) is 17.2 Å². The van der Waals surface area contributed by atoms with E-state index in [2.05, 4.69) is 21.2 Å². The molecule has 1 saturated carbocycles. The number of amides is 2. The van der Waals surface area contributed by atoms with E-state index in [-0.39, 0.29) is 50.6 Å². The fourth-order valence-corrected chi connectivity index (χ4v) is 6.43. The maximum atomic E-state index is 13.5. The van der Waals surface area contributed by atoms with Crippen LogP contribution in [0.3, 0.4) is 0 Å². The van der Waals surface area contributed by atoms with E-state index in [9.17, 15) is 18.0 Å². The summed E-state index contributed by atoms with van der Waals surface area (Å²) in [6.45, 7) is 2.23. The Labute approximate surface area is 239 Å². The average molecular weight is 623 g/mol. The van der Waals surface area contributed by atoms with E-state index in [1.165, 1.54) is 10.7 Å². The summed E-state index contributed by atoms with van der Waals surface area (Å²) in [6.07, 6.45) is 6.81. The predicted octanol–water partition coefficient (Wildman–Crippen LogP) is 4.59. The van der Waals surface area contributed by atoms with Crippen molar-refractivity contribution in [3.8, 4) is 11.5 Å². The highest BCUT2D eigenvalue weighted by molar-refractivity contribution is 9.10. The largest absolute Gasteiger partial charge is 0.454 e. The van der Waals surface area contributed by atoms with Gasteiger partial charge in [-0.1, -0.05) is 47.3 Å². The first-order valence-electron chi connectivity index (χ1n) is 13.3. The Morgan fingerprint density at radius 1 is 1.08 bits per heavy atom. The number of nitrogens with zero attached hydrogens (tertiary/aromatic N) is 2. The Balaban J connectivity index is 1.45. The first-order chi connectivity index (χ1) is 18.6. The van der Waals surface area contributed by atoms with E-state index in [1.54, 1.807) is 30.0 Å². The summed E-state index contributed by atoms with van der Waals surface area (Å²) >= 11 is 3.48. The molecule has 1 unspecified atom stereocenters. The molecule has 1 fully saturated rings. The molecule has 212 valence electrons. The van der Waals surface area contributed by atoms with Gasteiger partial charge >= 0.3 is 0 Å². The second kappa shape index (κ2) is 13.0. The first kappa shape index (κ1) is 29.2. The lowest BCUT2D eigenvalue weighted by atomic mass is 9.95. The minimum atomic E-state index is -3.61. The van der Waals surface area contributed by atoms with Gasteiger partial charge in [-0.05, 0) is 56.0 Å². The van der Waals surface area contributed by atoms with Crippen LogP contribution in [0, 0.1) is 0 Å². The first-order valence-corrected chi connectivity index (χ1v) is 16.0. The standard InChI is InChI=1S/C28H36BrN3O6S/c1-20(28(34)30-23-10-4-3-5-11-23)31(18-21-8-6-9-22(29)16-21)27(33)12-7-15-32(39(2,35)36)24-13-14-25-26(17-24)38-19-37-25/h6,8-9,13-14,16-17,20,23H,3-5,7,10-12,15,18-19H2,1-2H3,(H,30,34). The molecule has 0 bridgehead atoms. The number of anilines is 1. The molecule has 2 aliphatic rings. The Hall–Kier alpha value is -2.79.